The molecule has 1 aromatic carbocycles. The lowest BCUT2D eigenvalue weighted by Crippen LogP contribution is -2.24. The van der Waals surface area contributed by atoms with Crippen LogP contribution in [0.1, 0.15) is 13.3 Å². The molecule has 1 aromatic heterocycles. The van der Waals surface area contributed by atoms with Crippen molar-refractivity contribution in [2.24, 2.45) is 0 Å². The molecule has 0 spiro atoms. The third kappa shape index (κ3) is 6.38. The van der Waals surface area contributed by atoms with Crippen molar-refractivity contribution in [2.75, 3.05) is 49.8 Å². The Hall–Kier alpha value is -1.99. The summed E-state index contributed by atoms with van der Waals surface area (Å²) in [6.07, 6.45) is 0.417. The van der Waals surface area contributed by atoms with Crippen molar-refractivity contribution in [1.29, 1.82) is 0 Å². The van der Waals surface area contributed by atoms with E-state index in [1.165, 1.54) is 6.07 Å². The van der Waals surface area contributed by atoms with Crippen LogP contribution >= 0.6 is 11.8 Å². The predicted octanol–water partition coefficient (Wildman–Crippen LogP) is 2.93. The smallest absolute Gasteiger partial charge is 0.338 e. The molecule has 142 valence electrons. The standard InChI is InChI=1S/C19H25NO5S/c1-3-18(21)24-11-13-26-12-10-23-9-8-20(2)16-14-19(22)25-17-7-5-4-6-15(16)17/h4-7,14H,3,8-13H2,1-2H3. The zero-order valence-electron chi connectivity index (χ0n) is 15.2. The quantitative estimate of drug-likeness (QED) is 0.338. The molecule has 0 aliphatic carbocycles. The molecule has 6 nitrogen and oxygen atoms in total. The van der Waals surface area contributed by atoms with Gasteiger partial charge in [0.2, 0.25) is 0 Å². The summed E-state index contributed by atoms with van der Waals surface area (Å²) in [6.45, 7) is 4.11. The SMILES string of the molecule is CCC(=O)OCCSCCOCCN(C)c1cc(=O)oc2ccccc12. The lowest BCUT2D eigenvalue weighted by atomic mass is 10.2. The maximum absolute atomic E-state index is 11.7. The second kappa shape index (κ2) is 10.9. The Bertz CT molecular complexity index is 761. The van der Waals surface area contributed by atoms with Gasteiger partial charge in [-0.05, 0) is 12.1 Å². The minimum Gasteiger partial charge on any atom is -0.465 e. The highest BCUT2D eigenvalue weighted by molar-refractivity contribution is 7.99. The van der Waals surface area contributed by atoms with Crippen molar-refractivity contribution in [3.05, 3.63) is 40.8 Å². The second-order valence-electron chi connectivity index (χ2n) is 5.67. The van der Waals surface area contributed by atoms with E-state index in [0.717, 1.165) is 22.6 Å². The van der Waals surface area contributed by atoms with Crippen LogP contribution in [-0.4, -0.2) is 50.9 Å². The third-order valence-corrected chi connectivity index (χ3v) is 4.67. The number of para-hydroxylation sites is 1. The van der Waals surface area contributed by atoms with Crippen molar-refractivity contribution in [3.8, 4) is 0 Å². The summed E-state index contributed by atoms with van der Waals surface area (Å²) in [6, 6.07) is 9.01. The third-order valence-electron chi connectivity index (χ3n) is 3.76. The fraction of sp³-hybridized carbons (Fsp3) is 0.474. The van der Waals surface area contributed by atoms with E-state index in [1.54, 1.807) is 24.8 Å². The highest BCUT2D eigenvalue weighted by Gasteiger charge is 2.09. The van der Waals surface area contributed by atoms with E-state index in [0.29, 0.717) is 38.4 Å². The van der Waals surface area contributed by atoms with E-state index >= 15 is 0 Å². The largest absolute Gasteiger partial charge is 0.465 e. The van der Waals surface area contributed by atoms with Gasteiger partial charge in [-0.1, -0.05) is 19.1 Å². The Morgan fingerprint density at radius 3 is 2.77 bits per heavy atom. The van der Waals surface area contributed by atoms with Crippen LogP contribution in [0.15, 0.2) is 39.5 Å². The maximum Gasteiger partial charge on any atom is 0.338 e. The first kappa shape index (κ1) is 20.3. The first-order chi connectivity index (χ1) is 12.6. The van der Waals surface area contributed by atoms with Crippen LogP contribution in [0.3, 0.4) is 0 Å². The molecule has 0 amide bonds. The Kier molecular flexibility index (Phi) is 8.50. The highest BCUT2D eigenvalue weighted by atomic mass is 32.2. The number of hydrogen-bond acceptors (Lipinski definition) is 7. The number of fused-ring (bicyclic) bond motifs is 1. The first-order valence-electron chi connectivity index (χ1n) is 8.67. The van der Waals surface area contributed by atoms with Gasteiger partial charge in [0.25, 0.3) is 0 Å². The number of rotatable bonds is 11. The summed E-state index contributed by atoms with van der Waals surface area (Å²) in [5.41, 5.74) is 1.07. The maximum atomic E-state index is 11.7. The summed E-state index contributed by atoms with van der Waals surface area (Å²) in [4.78, 5) is 24.7. The molecule has 0 aliphatic rings. The molecule has 2 aromatic rings. The number of esters is 1. The van der Waals surface area contributed by atoms with Crippen molar-refractivity contribution in [2.45, 2.75) is 13.3 Å². The normalized spacial score (nSPS) is 10.8. The lowest BCUT2D eigenvalue weighted by molar-refractivity contribution is -0.142. The number of thioether (sulfide) groups is 1. The summed E-state index contributed by atoms with van der Waals surface area (Å²) >= 11 is 1.70. The summed E-state index contributed by atoms with van der Waals surface area (Å²) in [5.74, 6) is 1.47. The minimum atomic E-state index is -0.355. The number of anilines is 1. The molecule has 1 heterocycles. The van der Waals surface area contributed by atoms with Gasteiger partial charge in [0, 0.05) is 43.0 Å². The Balaban J connectivity index is 1.68. The second-order valence-corrected chi connectivity index (χ2v) is 6.89. The van der Waals surface area contributed by atoms with Crippen LogP contribution < -0.4 is 10.5 Å². The molecule has 0 aliphatic heterocycles. The van der Waals surface area contributed by atoms with Gasteiger partial charge in [-0.15, -0.1) is 0 Å². The summed E-state index contributed by atoms with van der Waals surface area (Å²) in [7, 11) is 1.93. The van der Waals surface area contributed by atoms with E-state index in [2.05, 4.69) is 0 Å². The van der Waals surface area contributed by atoms with Crippen molar-refractivity contribution in [3.63, 3.8) is 0 Å². The van der Waals surface area contributed by atoms with Gasteiger partial charge in [0.05, 0.1) is 18.9 Å². The van der Waals surface area contributed by atoms with Crippen molar-refractivity contribution < 1.29 is 18.7 Å². The van der Waals surface area contributed by atoms with Crippen molar-refractivity contribution >= 4 is 34.4 Å². The molecular formula is C19H25NO5S. The van der Waals surface area contributed by atoms with E-state index in [4.69, 9.17) is 13.9 Å². The molecule has 0 saturated carbocycles. The fourth-order valence-electron chi connectivity index (χ4n) is 2.37. The molecule has 0 unspecified atom stereocenters. The van der Waals surface area contributed by atoms with Gasteiger partial charge in [0.1, 0.15) is 12.2 Å². The number of nitrogens with zero attached hydrogens (tertiary/aromatic N) is 1. The zero-order chi connectivity index (χ0) is 18.8. The highest BCUT2D eigenvalue weighted by Crippen LogP contribution is 2.23. The summed E-state index contributed by atoms with van der Waals surface area (Å²) in [5, 5.41) is 0.909. The van der Waals surface area contributed by atoms with E-state index < -0.39 is 0 Å². The van der Waals surface area contributed by atoms with Crippen LogP contribution in [0.4, 0.5) is 5.69 Å². The van der Waals surface area contributed by atoms with E-state index in [1.807, 2.05) is 30.1 Å². The zero-order valence-corrected chi connectivity index (χ0v) is 16.0. The fourth-order valence-corrected chi connectivity index (χ4v) is 3.01. The van der Waals surface area contributed by atoms with Crippen LogP contribution in [0, 0.1) is 0 Å². The molecule has 2 rings (SSSR count). The van der Waals surface area contributed by atoms with Gasteiger partial charge < -0.3 is 18.8 Å². The van der Waals surface area contributed by atoms with Crippen LogP contribution in [-0.2, 0) is 14.3 Å². The molecule has 0 atom stereocenters. The van der Waals surface area contributed by atoms with Gasteiger partial charge in [-0.3, -0.25) is 4.79 Å². The molecule has 0 saturated heterocycles. The average Bonchev–Trinajstić information content (AvgIpc) is 2.65. The Labute approximate surface area is 157 Å². The van der Waals surface area contributed by atoms with Gasteiger partial charge >= 0.3 is 11.6 Å². The molecule has 0 radical (unpaired) electrons. The monoisotopic (exact) mass is 379 g/mol. The topological polar surface area (TPSA) is 69.0 Å². The number of carbonyl (C=O) groups is 1. The molecule has 0 N–H and O–H groups in total. The van der Waals surface area contributed by atoms with E-state index in [9.17, 15) is 9.59 Å². The number of benzene rings is 1. The average molecular weight is 379 g/mol. The minimum absolute atomic E-state index is 0.160. The predicted molar refractivity (Wildman–Crippen MR) is 105 cm³/mol. The van der Waals surface area contributed by atoms with Gasteiger partial charge in [0.15, 0.2) is 0 Å². The molecule has 0 bridgehead atoms. The summed E-state index contributed by atoms with van der Waals surface area (Å²) < 4.78 is 15.9. The molecule has 7 heteroatoms. The van der Waals surface area contributed by atoms with Crippen molar-refractivity contribution in [1.82, 2.24) is 0 Å². The number of ether oxygens (including phenoxy) is 2. The lowest BCUT2D eigenvalue weighted by Gasteiger charge is -2.20. The first-order valence-corrected chi connectivity index (χ1v) is 9.82. The molecule has 0 fully saturated rings. The van der Waals surface area contributed by atoms with Crippen LogP contribution in [0.2, 0.25) is 0 Å². The number of likely N-dealkylation sites (N-methyl/N-ethyl adjacent to an activating group) is 1. The van der Waals surface area contributed by atoms with Gasteiger partial charge in [-0.25, -0.2) is 4.79 Å². The Morgan fingerprint density at radius 1 is 1.19 bits per heavy atom. The van der Waals surface area contributed by atoms with Crippen LogP contribution in [0.5, 0.6) is 0 Å². The Morgan fingerprint density at radius 2 is 1.96 bits per heavy atom. The number of carbonyl (C=O) groups excluding carboxylic acids is 1. The van der Waals surface area contributed by atoms with E-state index in [-0.39, 0.29) is 11.6 Å². The van der Waals surface area contributed by atoms with Gasteiger partial charge in [-0.2, -0.15) is 11.8 Å². The molecule has 26 heavy (non-hydrogen) atoms. The molecular weight excluding hydrogens is 354 g/mol. The van der Waals surface area contributed by atoms with Crippen LogP contribution in [0.25, 0.3) is 11.0 Å². The number of hydrogen-bond donors (Lipinski definition) is 0.